The lowest BCUT2D eigenvalue weighted by Crippen LogP contribution is -2.39. The Labute approximate surface area is 183 Å². The van der Waals surface area contributed by atoms with E-state index in [4.69, 9.17) is 15.6 Å². The third-order valence-corrected chi connectivity index (χ3v) is 5.88. The number of nitrogens with zero attached hydrogens (tertiary/aromatic N) is 4. The van der Waals surface area contributed by atoms with E-state index in [1.807, 2.05) is 15.8 Å². The zero-order valence-corrected chi connectivity index (χ0v) is 17.5. The number of amides is 1. The van der Waals surface area contributed by atoms with Gasteiger partial charge in [-0.05, 0) is 42.7 Å². The molecule has 1 aliphatic carbocycles. The van der Waals surface area contributed by atoms with Gasteiger partial charge in [-0.2, -0.15) is 13.2 Å². The van der Waals surface area contributed by atoms with Crippen molar-refractivity contribution in [2.75, 3.05) is 13.1 Å². The number of carboxylic acid groups (broad SMARTS) is 1. The normalized spacial score (nSPS) is 18.6. The number of nitrogens with two attached hydrogens (primary N) is 1. The van der Waals surface area contributed by atoms with Crippen molar-refractivity contribution < 1.29 is 27.9 Å². The summed E-state index contributed by atoms with van der Waals surface area (Å²) >= 11 is 0. The molecule has 0 spiro atoms. The molecule has 11 heteroatoms. The van der Waals surface area contributed by atoms with Gasteiger partial charge < -0.3 is 15.7 Å². The number of benzene rings is 1. The molecule has 174 valence electrons. The summed E-state index contributed by atoms with van der Waals surface area (Å²) in [5.41, 5.74) is 9.21. The average Bonchev–Trinajstić information content (AvgIpc) is 3.41. The molecule has 2 aliphatic rings. The van der Waals surface area contributed by atoms with Gasteiger partial charge >= 0.3 is 12.1 Å². The molecule has 32 heavy (non-hydrogen) atoms. The van der Waals surface area contributed by atoms with Crippen LogP contribution in [-0.4, -0.2) is 56.1 Å². The largest absolute Gasteiger partial charge is 0.490 e. The van der Waals surface area contributed by atoms with Crippen molar-refractivity contribution >= 4 is 11.9 Å². The molecule has 1 aromatic carbocycles. The summed E-state index contributed by atoms with van der Waals surface area (Å²) < 4.78 is 33.7. The van der Waals surface area contributed by atoms with Gasteiger partial charge in [0.25, 0.3) is 0 Å². The highest BCUT2D eigenvalue weighted by atomic mass is 19.4. The molecule has 0 bridgehead atoms. The van der Waals surface area contributed by atoms with Gasteiger partial charge in [-0.3, -0.25) is 4.79 Å². The van der Waals surface area contributed by atoms with Gasteiger partial charge in [-0.25, -0.2) is 9.48 Å². The Morgan fingerprint density at radius 3 is 2.41 bits per heavy atom. The standard InChI is InChI=1S/C19H25N5O.C2HF3O2/c20-12-16-13-24(22-21-16)17-7-9-23(10-8-17)19(25)11-15-6-5-14-3-1-2-4-18(14)15;3-2(4,5)1(6)7/h1-4,13,15,17H,5-12,20H2;(H,6,7). The first kappa shape index (κ1) is 23.7. The van der Waals surface area contributed by atoms with Crippen LogP contribution in [-0.2, 0) is 22.6 Å². The molecular weight excluding hydrogens is 427 g/mol. The second-order valence-corrected chi connectivity index (χ2v) is 7.95. The first-order chi connectivity index (χ1) is 15.2. The van der Waals surface area contributed by atoms with Crippen molar-refractivity contribution in [3.63, 3.8) is 0 Å². The van der Waals surface area contributed by atoms with Gasteiger partial charge in [-0.15, -0.1) is 5.10 Å². The minimum absolute atomic E-state index is 0.293. The Kier molecular flexibility index (Phi) is 7.49. The van der Waals surface area contributed by atoms with Gasteiger partial charge in [0.2, 0.25) is 5.91 Å². The lowest BCUT2D eigenvalue weighted by Gasteiger charge is -2.32. The van der Waals surface area contributed by atoms with Crippen molar-refractivity contribution in [1.29, 1.82) is 0 Å². The van der Waals surface area contributed by atoms with Crippen LogP contribution in [0.4, 0.5) is 13.2 Å². The maximum atomic E-state index is 12.7. The number of rotatable bonds is 4. The maximum Gasteiger partial charge on any atom is 0.490 e. The van der Waals surface area contributed by atoms with Gasteiger partial charge in [-0.1, -0.05) is 29.5 Å². The number of aryl methyl sites for hydroxylation is 1. The number of aromatic nitrogens is 3. The van der Waals surface area contributed by atoms with Crippen LogP contribution in [0.25, 0.3) is 0 Å². The van der Waals surface area contributed by atoms with Crippen LogP contribution in [0.5, 0.6) is 0 Å². The van der Waals surface area contributed by atoms with Crippen molar-refractivity contribution in [2.24, 2.45) is 5.73 Å². The molecule has 1 aromatic heterocycles. The number of piperidine rings is 1. The Hall–Kier alpha value is -2.95. The van der Waals surface area contributed by atoms with E-state index in [1.54, 1.807) is 0 Å². The van der Waals surface area contributed by atoms with E-state index >= 15 is 0 Å². The maximum absolute atomic E-state index is 12.7. The van der Waals surface area contributed by atoms with Gasteiger partial charge in [0.1, 0.15) is 0 Å². The molecule has 1 fully saturated rings. The van der Waals surface area contributed by atoms with Gasteiger partial charge in [0.15, 0.2) is 0 Å². The highest BCUT2D eigenvalue weighted by Gasteiger charge is 2.38. The number of carbonyl (C=O) groups is 2. The zero-order valence-electron chi connectivity index (χ0n) is 17.5. The molecule has 1 aliphatic heterocycles. The topological polar surface area (TPSA) is 114 Å². The van der Waals surface area contributed by atoms with Crippen molar-refractivity contribution in [3.05, 3.63) is 47.3 Å². The summed E-state index contributed by atoms with van der Waals surface area (Å²) in [6.07, 6.45) is 1.55. The highest BCUT2D eigenvalue weighted by molar-refractivity contribution is 5.77. The molecule has 1 unspecified atom stereocenters. The van der Waals surface area contributed by atoms with E-state index in [2.05, 4.69) is 34.6 Å². The molecule has 0 radical (unpaired) electrons. The minimum Gasteiger partial charge on any atom is -0.475 e. The summed E-state index contributed by atoms with van der Waals surface area (Å²) in [4.78, 5) is 23.7. The molecule has 1 amide bonds. The van der Waals surface area contributed by atoms with E-state index in [0.29, 0.717) is 30.8 Å². The number of halogens is 3. The summed E-state index contributed by atoms with van der Waals surface area (Å²) in [7, 11) is 0. The molecule has 2 aromatic rings. The monoisotopic (exact) mass is 453 g/mol. The first-order valence-electron chi connectivity index (χ1n) is 10.5. The Morgan fingerprint density at radius 1 is 1.16 bits per heavy atom. The molecule has 1 atom stereocenters. The number of carboxylic acids is 1. The van der Waals surface area contributed by atoms with E-state index in [-0.39, 0.29) is 0 Å². The van der Waals surface area contributed by atoms with E-state index < -0.39 is 12.1 Å². The summed E-state index contributed by atoms with van der Waals surface area (Å²) in [6.45, 7) is 2.02. The summed E-state index contributed by atoms with van der Waals surface area (Å²) in [5, 5.41) is 15.4. The lowest BCUT2D eigenvalue weighted by atomic mass is 9.96. The second kappa shape index (κ2) is 10.1. The smallest absolute Gasteiger partial charge is 0.475 e. The SMILES string of the molecule is NCc1cn(C2CCN(C(=O)CC3CCc4ccccc43)CC2)nn1.O=C(O)C(F)(F)F. The Balaban J connectivity index is 0.000000360. The van der Waals surface area contributed by atoms with Gasteiger partial charge in [0.05, 0.1) is 17.9 Å². The van der Waals surface area contributed by atoms with Crippen LogP contribution in [0.1, 0.15) is 54.5 Å². The number of carbonyl (C=O) groups excluding carboxylic acids is 1. The molecule has 1 saturated heterocycles. The van der Waals surface area contributed by atoms with Crippen LogP contribution >= 0.6 is 0 Å². The molecule has 4 rings (SSSR count). The molecule has 0 saturated carbocycles. The second-order valence-electron chi connectivity index (χ2n) is 7.95. The molecule has 8 nitrogen and oxygen atoms in total. The predicted octanol–water partition coefficient (Wildman–Crippen LogP) is 2.65. The fourth-order valence-corrected chi connectivity index (χ4v) is 4.16. The first-order valence-corrected chi connectivity index (χ1v) is 10.5. The van der Waals surface area contributed by atoms with Crippen LogP contribution in [0.2, 0.25) is 0 Å². The van der Waals surface area contributed by atoms with Crippen LogP contribution in [0.3, 0.4) is 0 Å². The number of fused-ring (bicyclic) bond motifs is 1. The fraction of sp³-hybridized carbons (Fsp3) is 0.524. The van der Waals surface area contributed by atoms with Gasteiger partial charge in [0, 0.05) is 26.1 Å². The predicted molar refractivity (Wildman–Crippen MR) is 109 cm³/mol. The zero-order chi connectivity index (χ0) is 23.3. The van der Waals surface area contributed by atoms with Crippen LogP contribution < -0.4 is 5.73 Å². The number of aliphatic carboxylic acids is 1. The Bertz CT molecular complexity index is 939. The van der Waals surface area contributed by atoms with E-state index in [1.165, 1.54) is 11.1 Å². The highest BCUT2D eigenvalue weighted by Crippen LogP contribution is 2.36. The van der Waals surface area contributed by atoms with E-state index in [9.17, 15) is 18.0 Å². The minimum atomic E-state index is -5.08. The van der Waals surface area contributed by atoms with Crippen molar-refractivity contribution in [1.82, 2.24) is 19.9 Å². The van der Waals surface area contributed by atoms with E-state index in [0.717, 1.165) is 44.5 Å². The number of hydrogen-bond acceptors (Lipinski definition) is 5. The lowest BCUT2D eigenvalue weighted by molar-refractivity contribution is -0.192. The number of likely N-dealkylation sites (tertiary alicyclic amines) is 1. The molecule has 2 heterocycles. The van der Waals surface area contributed by atoms with Crippen LogP contribution in [0, 0.1) is 0 Å². The number of hydrogen-bond donors (Lipinski definition) is 2. The fourth-order valence-electron chi connectivity index (χ4n) is 4.16. The third-order valence-electron chi connectivity index (χ3n) is 5.88. The van der Waals surface area contributed by atoms with Crippen LogP contribution in [0.15, 0.2) is 30.5 Å². The molecule has 3 N–H and O–H groups in total. The van der Waals surface area contributed by atoms with Crippen molar-refractivity contribution in [3.8, 4) is 0 Å². The summed E-state index contributed by atoms with van der Waals surface area (Å²) in [6, 6.07) is 8.88. The number of alkyl halides is 3. The Morgan fingerprint density at radius 2 is 1.81 bits per heavy atom. The summed E-state index contributed by atoms with van der Waals surface area (Å²) in [5.74, 6) is -2.07. The average molecular weight is 453 g/mol. The molecular formula is C21H26F3N5O3. The third kappa shape index (κ3) is 5.84. The van der Waals surface area contributed by atoms with Crippen molar-refractivity contribution in [2.45, 2.75) is 56.8 Å². The quantitative estimate of drug-likeness (QED) is 0.736.